The highest BCUT2D eigenvalue weighted by Gasteiger charge is 2.32. The second-order valence-electron chi connectivity index (χ2n) is 11.7. The maximum atomic E-state index is 13.7. The zero-order valence-electron chi connectivity index (χ0n) is 27.2. The van der Waals surface area contributed by atoms with E-state index in [2.05, 4.69) is 15.0 Å². The average molecular weight is 688 g/mol. The van der Waals surface area contributed by atoms with Crippen molar-refractivity contribution in [1.29, 1.82) is 0 Å². The number of hydrogen-bond donors (Lipinski definition) is 5. The molecule has 0 aliphatic rings. The van der Waals surface area contributed by atoms with Crippen LogP contribution in [0.2, 0.25) is 0 Å². The van der Waals surface area contributed by atoms with E-state index in [1.54, 1.807) is 6.20 Å². The maximum absolute atomic E-state index is 13.7. The lowest BCUT2D eigenvalue weighted by molar-refractivity contribution is -0.274. The van der Waals surface area contributed by atoms with Crippen LogP contribution in [0.25, 0.3) is 10.9 Å². The molecule has 0 radical (unpaired) electrons. The fourth-order valence-electron chi connectivity index (χ4n) is 5.32. The largest absolute Gasteiger partial charge is 0.573 e. The zero-order chi connectivity index (χ0) is 36.0. The molecule has 12 nitrogen and oxygen atoms in total. The molecule has 1 aromatic heterocycles. The van der Waals surface area contributed by atoms with Crippen LogP contribution in [0, 0.1) is 5.92 Å². The minimum absolute atomic E-state index is 0.0540. The number of aromatic nitrogens is 1. The highest BCUT2D eigenvalue weighted by atomic mass is 19.4. The molecule has 0 unspecified atom stereocenters. The molecule has 0 spiro atoms. The number of rotatable bonds is 20. The number of carbonyl (C=O) groups excluding carboxylic acids is 4. The number of pyridine rings is 1. The van der Waals surface area contributed by atoms with E-state index >= 15 is 0 Å². The van der Waals surface area contributed by atoms with Crippen LogP contribution in [0.3, 0.4) is 0 Å². The van der Waals surface area contributed by atoms with E-state index in [0.29, 0.717) is 17.5 Å². The molecule has 0 aliphatic carbocycles. The predicted octanol–water partition coefficient (Wildman–Crippen LogP) is 1.75. The maximum Gasteiger partial charge on any atom is 0.573 e. The Morgan fingerprint density at radius 3 is 2.18 bits per heavy atom. The molecule has 0 bridgehead atoms. The summed E-state index contributed by atoms with van der Waals surface area (Å²) in [5.41, 5.74) is 24.7. The fraction of sp³-hybridized carbons (Fsp3) is 0.441. The number of Topliss-reactive ketones (excluding diaryl/α,β-unsaturated/α-hetero) is 2. The summed E-state index contributed by atoms with van der Waals surface area (Å²) in [7, 11) is 0. The molecular weight excluding hydrogens is 643 g/mol. The molecule has 1 heterocycles. The van der Waals surface area contributed by atoms with Crippen LogP contribution in [0.5, 0.6) is 5.75 Å². The van der Waals surface area contributed by atoms with Crippen LogP contribution in [-0.2, 0) is 32.0 Å². The fourth-order valence-corrected chi connectivity index (χ4v) is 5.32. The Labute approximate surface area is 282 Å². The number of nitrogens with zero attached hydrogens (tertiary/aromatic N) is 2. The first-order chi connectivity index (χ1) is 23.3. The first-order valence-corrected chi connectivity index (χ1v) is 16.0. The lowest BCUT2D eigenvalue weighted by atomic mass is 9.91. The number of alkyl halides is 3. The van der Waals surface area contributed by atoms with E-state index in [1.165, 1.54) is 17.0 Å². The number of nitrogens with one attached hydrogen (secondary N) is 1. The van der Waals surface area contributed by atoms with Crippen molar-refractivity contribution < 1.29 is 37.1 Å². The Kier molecular flexibility index (Phi) is 15.1. The number of benzene rings is 2. The van der Waals surface area contributed by atoms with Crippen LogP contribution in [0.1, 0.15) is 36.8 Å². The van der Waals surface area contributed by atoms with Crippen molar-refractivity contribution in [2.45, 2.75) is 57.0 Å². The first kappa shape index (κ1) is 39.0. The third-order valence-corrected chi connectivity index (χ3v) is 7.86. The van der Waals surface area contributed by atoms with Crippen LogP contribution in [0.15, 0.2) is 60.8 Å². The van der Waals surface area contributed by atoms with Crippen LogP contribution >= 0.6 is 0 Å². The molecule has 15 heteroatoms. The normalized spacial score (nSPS) is 13.4. The molecular formula is C34H44F3N7O5. The molecule has 3 aromatic rings. The highest BCUT2D eigenvalue weighted by Crippen LogP contribution is 2.24. The van der Waals surface area contributed by atoms with E-state index in [9.17, 15) is 32.3 Å². The van der Waals surface area contributed by atoms with Gasteiger partial charge in [0.2, 0.25) is 11.8 Å². The molecule has 0 saturated heterocycles. The Bertz CT molecular complexity index is 1550. The van der Waals surface area contributed by atoms with E-state index in [-0.39, 0.29) is 76.5 Å². The number of ether oxygens (including phenoxy) is 1. The molecule has 2 aromatic carbocycles. The molecule has 2 amide bonds. The quantitative estimate of drug-likeness (QED) is 0.116. The Morgan fingerprint density at radius 2 is 1.55 bits per heavy atom. The van der Waals surface area contributed by atoms with Gasteiger partial charge >= 0.3 is 6.36 Å². The van der Waals surface area contributed by atoms with Crippen LogP contribution in [0.4, 0.5) is 13.2 Å². The molecule has 0 fully saturated rings. The molecule has 0 aliphatic heterocycles. The van der Waals surface area contributed by atoms with Gasteiger partial charge in [0.25, 0.3) is 0 Å². The number of fused-ring (bicyclic) bond motifs is 1. The molecule has 266 valence electrons. The van der Waals surface area contributed by atoms with Gasteiger partial charge in [0, 0.05) is 62.9 Å². The standard InChI is InChI=1S/C34H44F3N7O5/c35-34(36,37)49-26-9-7-22(8-10-26)17-29(31(46)18-23-16-24-4-1-2-6-28(24)42-21-23)43-33(48)25(5-3-11-38)19-30(45)27(41)20-32(47)44(14-12-39)15-13-40/h1-2,4,6-10,16,21,25,27,29H,3,5,11-15,17-20,38-41H2,(H,43,48)/t25-,27-,29+/m1/s1. The number of halogens is 3. The van der Waals surface area contributed by atoms with Gasteiger partial charge in [0.1, 0.15) is 5.75 Å². The summed E-state index contributed by atoms with van der Waals surface area (Å²) < 4.78 is 42.0. The molecule has 9 N–H and O–H groups in total. The number of hydrogen-bond acceptors (Lipinski definition) is 10. The van der Waals surface area contributed by atoms with Gasteiger partial charge in [0.05, 0.1) is 17.6 Å². The predicted molar refractivity (Wildman–Crippen MR) is 178 cm³/mol. The SMILES string of the molecule is NCCC[C@H](CC(=O)[C@H](N)CC(=O)N(CCN)CCN)C(=O)N[C@@H](Cc1ccc(OC(F)(F)F)cc1)C(=O)Cc1cnc2ccccc2c1. The second kappa shape index (κ2) is 18.9. The topological polar surface area (TPSA) is 210 Å². The smallest absolute Gasteiger partial charge is 0.406 e. The molecule has 3 rings (SSSR count). The lowest BCUT2D eigenvalue weighted by Crippen LogP contribution is -2.47. The van der Waals surface area contributed by atoms with Gasteiger partial charge in [-0.1, -0.05) is 30.3 Å². The van der Waals surface area contributed by atoms with Gasteiger partial charge in [-0.3, -0.25) is 24.2 Å². The Balaban J connectivity index is 1.80. The Hall–Kier alpha value is -4.44. The van der Waals surface area contributed by atoms with Crippen molar-refractivity contribution in [2.24, 2.45) is 28.9 Å². The summed E-state index contributed by atoms with van der Waals surface area (Å²) in [6.07, 6.45) is -3.45. The van der Waals surface area contributed by atoms with Crippen molar-refractivity contribution in [3.05, 3.63) is 71.9 Å². The van der Waals surface area contributed by atoms with E-state index < -0.39 is 41.8 Å². The van der Waals surface area contributed by atoms with Crippen LogP contribution in [-0.4, -0.2) is 84.4 Å². The Morgan fingerprint density at radius 1 is 0.878 bits per heavy atom. The summed E-state index contributed by atoms with van der Waals surface area (Å²) >= 11 is 0. The minimum Gasteiger partial charge on any atom is -0.406 e. The number of carbonyl (C=O) groups is 4. The van der Waals surface area contributed by atoms with Gasteiger partial charge in [0.15, 0.2) is 11.6 Å². The van der Waals surface area contributed by atoms with E-state index in [4.69, 9.17) is 22.9 Å². The van der Waals surface area contributed by atoms with E-state index in [1.807, 2.05) is 30.3 Å². The summed E-state index contributed by atoms with van der Waals surface area (Å²) in [5.74, 6) is -3.24. The van der Waals surface area contributed by atoms with Crippen molar-refractivity contribution in [3.8, 4) is 5.75 Å². The summed E-state index contributed by atoms with van der Waals surface area (Å²) in [4.78, 5) is 59.1. The third kappa shape index (κ3) is 12.8. The second-order valence-corrected chi connectivity index (χ2v) is 11.7. The third-order valence-electron chi connectivity index (χ3n) is 7.86. The van der Waals surface area contributed by atoms with Crippen molar-refractivity contribution in [2.75, 3.05) is 32.7 Å². The van der Waals surface area contributed by atoms with Crippen molar-refractivity contribution >= 4 is 34.3 Å². The van der Waals surface area contributed by atoms with Gasteiger partial charge in [-0.2, -0.15) is 0 Å². The van der Waals surface area contributed by atoms with Crippen LogP contribution < -0.4 is 33.0 Å². The van der Waals surface area contributed by atoms with Crippen molar-refractivity contribution in [1.82, 2.24) is 15.2 Å². The number of amides is 2. The van der Waals surface area contributed by atoms with Gasteiger partial charge in [-0.15, -0.1) is 13.2 Å². The van der Waals surface area contributed by atoms with Gasteiger partial charge < -0.3 is 37.9 Å². The summed E-state index contributed by atoms with van der Waals surface area (Å²) in [5, 5.41) is 3.58. The molecule has 0 saturated carbocycles. The lowest BCUT2D eigenvalue weighted by Gasteiger charge is -2.24. The summed E-state index contributed by atoms with van der Waals surface area (Å²) in [6, 6.07) is 11.9. The zero-order valence-corrected chi connectivity index (χ0v) is 27.2. The van der Waals surface area contributed by atoms with Crippen molar-refractivity contribution in [3.63, 3.8) is 0 Å². The minimum atomic E-state index is -4.87. The molecule has 3 atom stereocenters. The highest BCUT2D eigenvalue weighted by molar-refractivity contribution is 5.95. The van der Waals surface area contributed by atoms with Gasteiger partial charge in [-0.05, 0) is 61.2 Å². The number of para-hydroxylation sites is 1. The molecule has 49 heavy (non-hydrogen) atoms. The average Bonchev–Trinajstić information content (AvgIpc) is 3.06. The number of nitrogens with two attached hydrogens (primary N) is 4. The monoisotopic (exact) mass is 687 g/mol. The number of ketones is 2. The van der Waals surface area contributed by atoms with Gasteiger partial charge in [-0.25, -0.2) is 0 Å². The summed E-state index contributed by atoms with van der Waals surface area (Å²) in [6.45, 7) is 1.15. The first-order valence-electron chi connectivity index (χ1n) is 16.0. The van der Waals surface area contributed by atoms with E-state index in [0.717, 1.165) is 23.0 Å².